The third-order valence-electron chi connectivity index (χ3n) is 7.58. The Hall–Kier alpha value is -3.82. The number of aromatic nitrogens is 2. The summed E-state index contributed by atoms with van der Waals surface area (Å²) in [5.74, 6) is -0.401. The summed E-state index contributed by atoms with van der Waals surface area (Å²) >= 11 is 0. The first kappa shape index (κ1) is 25.8. The van der Waals surface area contributed by atoms with Crippen LogP contribution >= 0.6 is 0 Å². The van der Waals surface area contributed by atoms with Crippen LogP contribution in [0.3, 0.4) is 0 Å². The van der Waals surface area contributed by atoms with E-state index in [0.29, 0.717) is 30.3 Å². The summed E-state index contributed by atoms with van der Waals surface area (Å²) in [6, 6.07) is 7.77. The standard InChI is InChI=1S/C29H34N6O3/c1-17-11-18(2)33-29(37)25(17)15-32-28(36)24-13-23-12-22(21-5-6-26(30)31-14-21)16-35(23)27(19(24)3)20(4)34-7-9-38-10-8-34/h5-6,11-14,16,20,25H,7-10,15H2,1-4H3,(H2,30,31)(H,32,36). The van der Waals surface area contributed by atoms with E-state index in [2.05, 4.69) is 43.8 Å². The number of nitrogens with zero attached hydrogens (tertiary/aromatic N) is 4. The molecule has 2 unspecified atom stereocenters. The number of hydrogen-bond donors (Lipinski definition) is 2. The summed E-state index contributed by atoms with van der Waals surface area (Å²) < 4.78 is 7.75. The highest BCUT2D eigenvalue weighted by Crippen LogP contribution is 2.32. The van der Waals surface area contributed by atoms with Gasteiger partial charge in [-0.1, -0.05) is 5.57 Å². The fourth-order valence-corrected chi connectivity index (χ4v) is 5.44. The maximum absolute atomic E-state index is 13.6. The van der Waals surface area contributed by atoms with Crippen molar-refractivity contribution in [1.82, 2.24) is 19.6 Å². The van der Waals surface area contributed by atoms with Gasteiger partial charge in [-0.15, -0.1) is 0 Å². The highest BCUT2D eigenvalue weighted by molar-refractivity contribution is 6.06. The quantitative estimate of drug-likeness (QED) is 0.520. The van der Waals surface area contributed by atoms with Crippen molar-refractivity contribution in [2.45, 2.75) is 33.7 Å². The summed E-state index contributed by atoms with van der Waals surface area (Å²) in [5.41, 5.74) is 12.8. The number of dihydropyridines is 1. The zero-order chi connectivity index (χ0) is 27.0. The highest BCUT2D eigenvalue weighted by atomic mass is 16.5. The Labute approximate surface area is 222 Å². The average molecular weight is 515 g/mol. The van der Waals surface area contributed by atoms with Gasteiger partial charge in [-0.25, -0.2) is 9.98 Å². The Balaban J connectivity index is 1.52. The minimum Gasteiger partial charge on any atom is -0.384 e. The molecular formula is C29H34N6O3. The van der Waals surface area contributed by atoms with E-state index in [4.69, 9.17) is 10.5 Å². The minimum atomic E-state index is -0.448. The predicted octanol–water partition coefficient (Wildman–Crippen LogP) is 3.58. The molecule has 9 heteroatoms. The van der Waals surface area contributed by atoms with Gasteiger partial charge in [-0.3, -0.25) is 14.5 Å². The summed E-state index contributed by atoms with van der Waals surface area (Å²) in [6.45, 7) is 11.1. The lowest BCUT2D eigenvalue weighted by atomic mass is 9.95. The molecular weight excluding hydrogens is 480 g/mol. The molecule has 2 aliphatic heterocycles. The van der Waals surface area contributed by atoms with Crippen LogP contribution in [0.25, 0.3) is 16.6 Å². The van der Waals surface area contributed by atoms with E-state index >= 15 is 0 Å². The third-order valence-corrected chi connectivity index (χ3v) is 7.58. The molecule has 0 bridgehead atoms. The van der Waals surface area contributed by atoms with E-state index in [-0.39, 0.29) is 24.4 Å². The fourth-order valence-electron chi connectivity index (χ4n) is 5.44. The van der Waals surface area contributed by atoms with Gasteiger partial charge in [-0.05, 0) is 63.6 Å². The SMILES string of the molecule is CC1=CC(C)=NC(=O)C1CNC(=O)c1cc2cc(-c3ccc(N)nc3)cn2c(C(C)N2CCOCC2)c1C. The molecule has 0 saturated carbocycles. The second-order valence-electron chi connectivity index (χ2n) is 10.1. The van der Waals surface area contributed by atoms with Gasteiger partial charge in [0.15, 0.2) is 0 Å². The van der Waals surface area contributed by atoms with Crippen molar-refractivity contribution in [1.29, 1.82) is 0 Å². The number of anilines is 1. The monoisotopic (exact) mass is 514 g/mol. The minimum absolute atomic E-state index is 0.0568. The summed E-state index contributed by atoms with van der Waals surface area (Å²) in [5, 5.41) is 3.00. The zero-order valence-electron chi connectivity index (χ0n) is 22.3. The molecule has 1 saturated heterocycles. The number of nitrogen functional groups attached to an aromatic ring is 1. The summed E-state index contributed by atoms with van der Waals surface area (Å²) in [6.07, 6.45) is 5.75. The Morgan fingerprint density at radius 3 is 2.63 bits per heavy atom. The molecule has 2 amide bonds. The van der Waals surface area contributed by atoms with E-state index in [1.165, 1.54) is 0 Å². The summed E-state index contributed by atoms with van der Waals surface area (Å²) in [4.78, 5) is 36.7. The van der Waals surface area contributed by atoms with Crippen LogP contribution in [0.1, 0.15) is 48.4 Å². The number of rotatable bonds is 6. The number of ether oxygens (including phenoxy) is 1. The number of nitrogens with one attached hydrogen (secondary N) is 1. The summed E-state index contributed by atoms with van der Waals surface area (Å²) in [7, 11) is 0. The van der Waals surface area contributed by atoms with Crippen molar-refractivity contribution in [3.8, 4) is 11.1 Å². The van der Waals surface area contributed by atoms with Gasteiger partial charge < -0.3 is 20.2 Å². The number of aliphatic imine (C=N–C) groups is 1. The van der Waals surface area contributed by atoms with Gasteiger partial charge in [0.1, 0.15) is 5.82 Å². The van der Waals surface area contributed by atoms with Crippen molar-refractivity contribution in [3.05, 3.63) is 65.1 Å². The van der Waals surface area contributed by atoms with E-state index in [1.807, 2.05) is 32.1 Å². The first-order chi connectivity index (χ1) is 18.2. The molecule has 9 nitrogen and oxygen atoms in total. The molecule has 3 aromatic heterocycles. The molecule has 3 aromatic rings. The van der Waals surface area contributed by atoms with Gasteiger partial charge in [0.05, 0.1) is 19.1 Å². The first-order valence-corrected chi connectivity index (χ1v) is 13.0. The van der Waals surface area contributed by atoms with Gasteiger partial charge in [0, 0.05) is 71.7 Å². The molecule has 3 N–H and O–H groups in total. The topological polar surface area (TPSA) is 114 Å². The molecule has 0 radical (unpaired) electrons. The predicted molar refractivity (Wildman–Crippen MR) is 148 cm³/mol. The van der Waals surface area contributed by atoms with Gasteiger partial charge in [-0.2, -0.15) is 0 Å². The van der Waals surface area contributed by atoms with E-state index in [1.54, 1.807) is 19.2 Å². The molecule has 38 heavy (non-hydrogen) atoms. The molecule has 198 valence electrons. The Morgan fingerprint density at radius 1 is 1.18 bits per heavy atom. The maximum atomic E-state index is 13.6. The van der Waals surface area contributed by atoms with Crippen LogP contribution in [0.15, 0.2) is 53.3 Å². The molecule has 0 aromatic carbocycles. The van der Waals surface area contributed by atoms with Gasteiger partial charge in [0.25, 0.3) is 11.8 Å². The van der Waals surface area contributed by atoms with E-state index in [0.717, 1.165) is 46.6 Å². The number of pyridine rings is 2. The number of morpholine rings is 1. The van der Waals surface area contributed by atoms with Crippen LogP contribution in [0.4, 0.5) is 5.82 Å². The Kier molecular flexibility index (Phi) is 7.14. The lowest BCUT2D eigenvalue weighted by Crippen LogP contribution is -2.39. The van der Waals surface area contributed by atoms with Crippen LogP contribution in [0.5, 0.6) is 0 Å². The Bertz CT molecular complexity index is 1450. The number of allylic oxidation sites excluding steroid dienone is 1. The molecule has 0 aliphatic carbocycles. The molecule has 5 heterocycles. The molecule has 2 aliphatic rings. The van der Waals surface area contributed by atoms with Crippen LogP contribution in [0, 0.1) is 12.8 Å². The second kappa shape index (κ2) is 10.5. The molecule has 1 fully saturated rings. The van der Waals surface area contributed by atoms with Crippen LogP contribution in [-0.4, -0.2) is 64.7 Å². The number of nitrogens with two attached hydrogens (primary N) is 1. The van der Waals surface area contributed by atoms with Crippen molar-refractivity contribution in [3.63, 3.8) is 0 Å². The second-order valence-corrected chi connectivity index (χ2v) is 10.1. The van der Waals surface area contributed by atoms with Crippen LogP contribution < -0.4 is 11.1 Å². The van der Waals surface area contributed by atoms with Gasteiger partial charge in [0.2, 0.25) is 0 Å². The number of hydrogen-bond acceptors (Lipinski definition) is 6. The van der Waals surface area contributed by atoms with Crippen LogP contribution in [-0.2, 0) is 9.53 Å². The molecule has 5 rings (SSSR count). The number of carbonyl (C=O) groups is 2. The number of amides is 2. The normalized spacial score (nSPS) is 19.3. The number of fused-ring (bicyclic) bond motifs is 1. The fraction of sp³-hybridized carbons (Fsp3) is 0.379. The van der Waals surface area contributed by atoms with Gasteiger partial charge >= 0.3 is 0 Å². The third kappa shape index (κ3) is 4.99. The number of carbonyl (C=O) groups excluding carboxylic acids is 2. The van der Waals surface area contributed by atoms with Crippen molar-refractivity contribution >= 4 is 28.9 Å². The average Bonchev–Trinajstić information content (AvgIpc) is 3.32. The Morgan fingerprint density at radius 2 is 1.95 bits per heavy atom. The molecule has 0 spiro atoms. The first-order valence-electron chi connectivity index (χ1n) is 13.0. The van der Waals surface area contributed by atoms with Crippen molar-refractivity contribution < 1.29 is 14.3 Å². The highest BCUT2D eigenvalue weighted by Gasteiger charge is 2.27. The zero-order valence-corrected chi connectivity index (χ0v) is 22.3. The maximum Gasteiger partial charge on any atom is 0.254 e. The van der Waals surface area contributed by atoms with Crippen molar-refractivity contribution in [2.75, 3.05) is 38.6 Å². The smallest absolute Gasteiger partial charge is 0.254 e. The van der Waals surface area contributed by atoms with Crippen LogP contribution in [0.2, 0.25) is 0 Å². The lowest BCUT2D eigenvalue weighted by Gasteiger charge is -2.34. The van der Waals surface area contributed by atoms with Crippen molar-refractivity contribution in [2.24, 2.45) is 10.9 Å². The largest absolute Gasteiger partial charge is 0.384 e. The van der Waals surface area contributed by atoms with E-state index < -0.39 is 5.92 Å². The molecule has 2 atom stereocenters. The van der Waals surface area contributed by atoms with E-state index in [9.17, 15) is 9.59 Å². The lowest BCUT2D eigenvalue weighted by molar-refractivity contribution is -0.120.